The van der Waals surface area contributed by atoms with Gasteiger partial charge >= 0.3 is 0 Å². The first-order valence-corrected chi connectivity index (χ1v) is 7.97. The second kappa shape index (κ2) is 5.57. The summed E-state index contributed by atoms with van der Waals surface area (Å²) in [6, 6.07) is 2.04. The molecule has 0 bridgehead atoms. The molecule has 0 amide bonds. The van der Waals surface area contributed by atoms with E-state index in [1.807, 2.05) is 0 Å². The first kappa shape index (κ1) is 15.1. The summed E-state index contributed by atoms with van der Waals surface area (Å²) in [5.74, 6) is -0.425. The van der Waals surface area contributed by atoms with E-state index >= 15 is 0 Å². The molecule has 112 valence electrons. The number of ether oxygens (including phenoxy) is 1. The van der Waals surface area contributed by atoms with Crippen molar-refractivity contribution in [3.8, 4) is 5.75 Å². The van der Waals surface area contributed by atoms with Gasteiger partial charge in [-0.1, -0.05) is 6.92 Å². The predicted molar refractivity (Wildman–Crippen MR) is 74.5 cm³/mol. The normalized spacial score (nSPS) is 22.9. The van der Waals surface area contributed by atoms with E-state index in [0.717, 1.165) is 25.3 Å². The number of methoxy groups -OCH3 is 1. The Balaban J connectivity index is 2.26. The van der Waals surface area contributed by atoms with Crippen molar-refractivity contribution in [2.24, 2.45) is 5.92 Å². The van der Waals surface area contributed by atoms with Crippen LogP contribution in [0.3, 0.4) is 0 Å². The Labute approximate surface area is 118 Å². The van der Waals surface area contributed by atoms with Gasteiger partial charge in [0.2, 0.25) is 10.0 Å². The molecule has 1 aliphatic rings. The van der Waals surface area contributed by atoms with Crippen molar-refractivity contribution in [2.45, 2.75) is 37.1 Å². The molecule has 2 rings (SSSR count). The van der Waals surface area contributed by atoms with E-state index in [4.69, 9.17) is 10.5 Å². The zero-order chi connectivity index (χ0) is 14.9. The summed E-state index contributed by atoms with van der Waals surface area (Å²) < 4.78 is 45.5. The standard InChI is InChI=1S/C13H19FN2O3S/c1-8-3-4-9(5-8)16-20(17,18)10-6-11(14)13(19-2)12(15)7-10/h6-9,16H,3-5,15H2,1-2H3. The summed E-state index contributed by atoms with van der Waals surface area (Å²) in [4.78, 5) is -0.173. The van der Waals surface area contributed by atoms with E-state index in [-0.39, 0.29) is 22.4 Å². The molecule has 0 heterocycles. The van der Waals surface area contributed by atoms with Gasteiger partial charge in [0.15, 0.2) is 11.6 Å². The van der Waals surface area contributed by atoms with Crippen LogP contribution in [0.1, 0.15) is 26.2 Å². The molecule has 5 nitrogen and oxygen atoms in total. The molecule has 0 aromatic heterocycles. The minimum absolute atomic E-state index is 0.0346. The monoisotopic (exact) mass is 302 g/mol. The fourth-order valence-electron chi connectivity index (χ4n) is 2.56. The van der Waals surface area contributed by atoms with Crippen LogP contribution in [0.25, 0.3) is 0 Å². The Morgan fingerprint density at radius 3 is 2.60 bits per heavy atom. The maximum Gasteiger partial charge on any atom is 0.241 e. The highest BCUT2D eigenvalue weighted by molar-refractivity contribution is 7.89. The SMILES string of the molecule is COc1c(N)cc(S(=O)(=O)NC2CCC(C)C2)cc1F. The first-order chi connectivity index (χ1) is 9.33. The largest absolute Gasteiger partial charge is 0.492 e. The number of anilines is 1. The van der Waals surface area contributed by atoms with Crippen LogP contribution >= 0.6 is 0 Å². The van der Waals surface area contributed by atoms with Crippen molar-refractivity contribution < 1.29 is 17.5 Å². The van der Waals surface area contributed by atoms with Crippen LogP contribution in [-0.4, -0.2) is 21.6 Å². The lowest BCUT2D eigenvalue weighted by Crippen LogP contribution is -2.33. The molecule has 0 spiro atoms. The fourth-order valence-corrected chi connectivity index (χ4v) is 3.89. The van der Waals surface area contributed by atoms with Crippen LogP contribution in [-0.2, 0) is 10.0 Å². The van der Waals surface area contributed by atoms with Gasteiger partial charge < -0.3 is 10.5 Å². The number of nitrogens with two attached hydrogens (primary N) is 1. The van der Waals surface area contributed by atoms with Crippen molar-refractivity contribution >= 4 is 15.7 Å². The molecule has 2 unspecified atom stereocenters. The second-order valence-electron chi connectivity index (χ2n) is 5.26. The minimum atomic E-state index is -3.76. The van der Waals surface area contributed by atoms with Crippen LogP contribution in [0.5, 0.6) is 5.75 Å². The molecule has 0 saturated heterocycles. The summed E-state index contributed by atoms with van der Waals surface area (Å²) in [5, 5.41) is 0. The molecule has 0 radical (unpaired) electrons. The van der Waals surface area contributed by atoms with E-state index in [0.29, 0.717) is 5.92 Å². The van der Waals surface area contributed by atoms with Crippen LogP contribution in [0.4, 0.5) is 10.1 Å². The molecule has 1 fully saturated rings. The van der Waals surface area contributed by atoms with Gasteiger partial charge in [0.05, 0.1) is 17.7 Å². The fraction of sp³-hybridized carbons (Fsp3) is 0.538. The number of halogens is 1. The maximum absolute atomic E-state index is 13.7. The predicted octanol–water partition coefficient (Wildman–Crippen LogP) is 1.88. The molecule has 1 saturated carbocycles. The lowest BCUT2D eigenvalue weighted by molar-refractivity contribution is 0.388. The van der Waals surface area contributed by atoms with Crippen molar-refractivity contribution in [2.75, 3.05) is 12.8 Å². The summed E-state index contributed by atoms with van der Waals surface area (Å²) in [6.45, 7) is 2.08. The Kier molecular flexibility index (Phi) is 4.19. The topological polar surface area (TPSA) is 81.4 Å². The Morgan fingerprint density at radius 2 is 2.10 bits per heavy atom. The van der Waals surface area contributed by atoms with Crippen molar-refractivity contribution in [1.82, 2.24) is 4.72 Å². The molecule has 1 aromatic rings. The smallest absolute Gasteiger partial charge is 0.241 e. The highest BCUT2D eigenvalue weighted by Gasteiger charge is 2.27. The van der Waals surface area contributed by atoms with E-state index in [2.05, 4.69) is 11.6 Å². The van der Waals surface area contributed by atoms with Crippen molar-refractivity contribution in [3.63, 3.8) is 0 Å². The Bertz CT molecular complexity index is 581. The van der Waals surface area contributed by atoms with Gasteiger partial charge in [0, 0.05) is 6.04 Å². The third-order valence-corrected chi connectivity index (χ3v) is 5.08. The minimum Gasteiger partial charge on any atom is -0.492 e. The summed E-state index contributed by atoms with van der Waals surface area (Å²) in [5.41, 5.74) is 5.57. The van der Waals surface area contributed by atoms with Crippen LogP contribution in [0.2, 0.25) is 0 Å². The molecule has 2 atom stereocenters. The van der Waals surface area contributed by atoms with E-state index in [1.165, 1.54) is 13.2 Å². The quantitative estimate of drug-likeness (QED) is 0.832. The van der Waals surface area contributed by atoms with Gasteiger partial charge in [-0.2, -0.15) is 0 Å². The van der Waals surface area contributed by atoms with Crippen LogP contribution in [0.15, 0.2) is 17.0 Å². The number of benzene rings is 1. The molecule has 20 heavy (non-hydrogen) atoms. The van der Waals surface area contributed by atoms with E-state index in [9.17, 15) is 12.8 Å². The molecule has 1 aliphatic carbocycles. The average Bonchev–Trinajstić information content (AvgIpc) is 2.73. The van der Waals surface area contributed by atoms with E-state index < -0.39 is 15.8 Å². The average molecular weight is 302 g/mol. The van der Waals surface area contributed by atoms with Gasteiger partial charge in [-0.3, -0.25) is 0 Å². The first-order valence-electron chi connectivity index (χ1n) is 6.49. The van der Waals surface area contributed by atoms with Gasteiger partial charge in [0.25, 0.3) is 0 Å². The summed E-state index contributed by atoms with van der Waals surface area (Å²) in [7, 11) is -2.48. The number of rotatable bonds is 4. The van der Waals surface area contributed by atoms with E-state index in [1.54, 1.807) is 0 Å². The highest BCUT2D eigenvalue weighted by atomic mass is 32.2. The zero-order valence-electron chi connectivity index (χ0n) is 11.5. The maximum atomic E-state index is 13.7. The van der Waals surface area contributed by atoms with Gasteiger partial charge in [-0.15, -0.1) is 0 Å². The highest BCUT2D eigenvalue weighted by Crippen LogP contribution is 2.30. The third kappa shape index (κ3) is 3.04. The number of hydrogen-bond acceptors (Lipinski definition) is 4. The zero-order valence-corrected chi connectivity index (χ0v) is 12.3. The van der Waals surface area contributed by atoms with Crippen molar-refractivity contribution in [1.29, 1.82) is 0 Å². The molecule has 1 aromatic carbocycles. The van der Waals surface area contributed by atoms with Crippen LogP contribution < -0.4 is 15.2 Å². The molecule has 0 aliphatic heterocycles. The summed E-state index contributed by atoms with van der Waals surface area (Å²) >= 11 is 0. The van der Waals surface area contributed by atoms with Crippen molar-refractivity contribution in [3.05, 3.63) is 17.9 Å². The lowest BCUT2D eigenvalue weighted by atomic mass is 10.1. The molecular formula is C13H19FN2O3S. The van der Waals surface area contributed by atoms with Gasteiger partial charge in [0.1, 0.15) is 0 Å². The van der Waals surface area contributed by atoms with Gasteiger partial charge in [-0.25, -0.2) is 17.5 Å². The number of nitrogens with one attached hydrogen (secondary N) is 1. The third-order valence-electron chi connectivity index (χ3n) is 3.58. The Morgan fingerprint density at radius 1 is 1.40 bits per heavy atom. The summed E-state index contributed by atoms with van der Waals surface area (Å²) in [6.07, 6.45) is 2.59. The van der Waals surface area contributed by atoms with Crippen LogP contribution in [0, 0.1) is 11.7 Å². The number of hydrogen-bond donors (Lipinski definition) is 2. The lowest BCUT2D eigenvalue weighted by Gasteiger charge is -2.14. The van der Waals surface area contributed by atoms with Gasteiger partial charge in [-0.05, 0) is 37.3 Å². The molecule has 3 N–H and O–H groups in total. The number of sulfonamides is 1. The molecular weight excluding hydrogens is 283 g/mol. The number of nitrogen functional groups attached to an aromatic ring is 1. The Hall–Kier alpha value is -1.34. The molecule has 7 heteroatoms. The second-order valence-corrected chi connectivity index (χ2v) is 6.98.